The number of nitrogens with zero attached hydrogens (tertiary/aromatic N) is 1. The molecule has 1 aliphatic heterocycles. The van der Waals surface area contributed by atoms with E-state index in [1.165, 1.54) is 19.1 Å². The van der Waals surface area contributed by atoms with Crippen molar-refractivity contribution in [2.24, 2.45) is 0 Å². The first kappa shape index (κ1) is 22.7. The summed E-state index contributed by atoms with van der Waals surface area (Å²) in [7, 11) is 2.80. The molecule has 0 unspecified atom stereocenters. The van der Waals surface area contributed by atoms with Crippen molar-refractivity contribution in [1.82, 2.24) is 0 Å². The molecule has 0 saturated carbocycles. The number of methoxy groups -OCH3 is 2. The van der Waals surface area contributed by atoms with Gasteiger partial charge in [0.05, 0.1) is 37.7 Å². The number of carbonyl (C=O) groups is 2. The number of hydrogen-bond acceptors (Lipinski definition) is 5. The van der Waals surface area contributed by atoms with Gasteiger partial charge in [-0.3, -0.25) is 9.69 Å². The van der Waals surface area contributed by atoms with Gasteiger partial charge in [-0.15, -0.1) is 0 Å². The van der Waals surface area contributed by atoms with E-state index in [0.29, 0.717) is 45.1 Å². The average Bonchev–Trinajstić information content (AvgIpc) is 2.97. The van der Waals surface area contributed by atoms with E-state index < -0.39 is 11.9 Å². The van der Waals surface area contributed by atoms with E-state index >= 15 is 0 Å². The van der Waals surface area contributed by atoms with Gasteiger partial charge in [-0.25, -0.2) is 4.79 Å². The minimum absolute atomic E-state index is 0.163. The molecule has 1 aliphatic rings. The molecule has 31 heavy (non-hydrogen) atoms. The van der Waals surface area contributed by atoms with Gasteiger partial charge in [0.25, 0.3) is 5.91 Å². The van der Waals surface area contributed by atoms with Gasteiger partial charge in [-0.05, 0) is 55.8 Å². The highest BCUT2D eigenvalue weighted by molar-refractivity contribution is 6.35. The van der Waals surface area contributed by atoms with Crippen molar-refractivity contribution in [3.63, 3.8) is 0 Å². The summed E-state index contributed by atoms with van der Waals surface area (Å²) in [6, 6.07) is 10.0. The van der Waals surface area contributed by atoms with Gasteiger partial charge in [-0.2, -0.15) is 0 Å². The lowest BCUT2D eigenvalue weighted by atomic mass is 10.0. The Labute approximate surface area is 190 Å². The quantitative estimate of drug-likeness (QED) is 0.432. The van der Waals surface area contributed by atoms with Crippen molar-refractivity contribution in [2.45, 2.75) is 13.8 Å². The second kappa shape index (κ2) is 9.45. The molecule has 2 aromatic carbocycles. The van der Waals surface area contributed by atoms with E-state index in [9.17, 15) is 9.59 Å². The Morgan fingerprint density at radius 3 is 2.32 bits per heavy atom. The molecule has 2 aromatic rings. The smallest absolute Gasteiger partial charge is 0.340 e. The monoisotopic (exact) mass is 461 g/mol. The zero-order chi connectivity index (χ0) is 22.7. The highest BCUT2D eigenvalue weighted by Crippen LogP contribution is 2.38. The standard InChI is InChI=1S/C23H21Cl2NO5/c1-5-31-19-7-6-14(9-20(19)29-3)8-18-21(23(28)30-4)13(2)26(22(18)27)17-11-15(24)10-16(25)12-17/h6-12H,5H2,1-4H3/b18-8-. The molecule has 0 radical (unpaired) electrons. The molecular weight excluding hydrogens is 441 g/mol. The van der Waals surface area contributed by atoms with Crippen LogP contribution in [0.2, 0.25) is 10.0 Å². The van der Waals surface area contributed by atoms with Crippen LogP contribution in [0.15, 0.2) is 53.2 Å². The van der Waals surface area contributed by atoms with Gasteiger partial charge in [-0.1, -0.05) is 29.3 Å². The summed E-state index contributed by atoms with van der Waals surface area (Å²) in [5.41, 5.74) is 1.88. The molecule has 0 N–H and O–H groups in total. The van der Waals surface area contributed by atoms with Crippen LogP contribution in [0.5, 0.6) is 11.5 Å². The molecule has 0 aromatic heterocycles. The molecule has 8 heteroatoms. The maximum absolute atomic E-state index is 13.4. The average molecular weight is 462 g/mol. The van der Waals surface area contributed by atoms with Crippen LogP contribution < -0.4 is 14.4 Å². The summed E-state index contributed by atoms with van der Waals surface area (Å²) in [5, 5.41) is 0.743. The number of anilines is 1. The van der Waals surface area contributed by atoms with E-state index in [4.69, 9.17) is 37.4 Å². The Morgan fingerprint density at radius 1 is 1.06 bits per heavy atom. The van der Waals surface area contributed by atoms with Crippen LogP contribution in [0, 0.1) is 0 Å². The van der Waals surface area contributed by atoms with Crippen molar-refractivity contribution in [3.8, 4) is 11.5 Å². The Kier molecular flexibility index (Phi) is 6.93. The topological polar surface area (TPSA) is 65.1 Å². The number of halogens is 2. The first-order valence-electron chi connectivity index (χ1n) is 9.43. The molecule has 6 nitrogen and oxygen atoms in total. The summed E-state index contributed by atoms with van der Waals surface area (Å²) in [6.07, 6.45) is 1.61. The lowest BCUT2D eigenvalue weighted by Gasteiger charge is -2.18. The van der Waals surface area contributed by atoms with Crippen LogP contribution in [0.25, 0.3) is 6.08 Å². The van der Waals surface area contributed by atoms with Gasteiger partial charge < -0.3 is 14.2 Å². The van der Waals surface area contributed by atoms with Gasteiger partial charge in [0.1, 0.15) is 0 Å². The summed E-state index contributed by atoms with van der Waals surface area (Å²) in [6.45, 7) is 4.03. The van der Waals surface area contributed by atoms with Crippen molar-refractivity contribution in [2.75, 3.05) is 25.7 Å². The minimum atomic E-state index is -0.620. The Morgan fingerprint density at radius 2 is 1.74 bits per heavy atom. The van der Waals surface area contributed by atoms with E-state index in [0.717, 1.165) is 0 Å². The Balaban J connectivity index is 2.13. The Hall–Kier alpha value is -2.96. The van der Waals surface area contributed by atoms with Crippen LogP contribution in [-0.4, -0.2) is 32.7 Å². The van der Waals surface area contributed by atoms with Gasteiger partial charge in [0.2, 0.25) is 0 Å². The highest BCUT2D eigenvalue weighted by Gasteiger charge is 2.38. The fourth-order valence-corrected chi connectivity index (χ4v) is 3.89. The van der Waals surface area contributed by atoms with E-state index in [1.807, 2.05) is 6.92 Å². The van der Waals surface area contributed by atoms with Crippen LogP contribution in [0.3, 0.4) is 0 Å². The summed E-state index contributed by atoms with van der Waals surface area (Å²) < 4.78 is 15.9. The fraction of sp³-hybridized carbons (Fsp3) is 0.217. The predicted molar refractivity (Wildman–Crippen MR) is 121 cm³/mol. The van der Waals surface area contributed by atoms with Crippen molar-refractivity contribution in [3.05, 3.63) is 68.9 Å². The molecule has 0 bridgehead atoms. The van der Waals surface area contributed by atoms with E-state index in [-0.39, 0.29) is 11.1 Å². The van der Waals surface area contributed by atoms with Gasteiger partial charge >= 0.3 is 5.97 Å². The second-order valence-corrected chi connectivity index (χ2v) is 7.49. The maximum atomic E-state index is 13.4. The number of benzene rings is 2. The van der Waals surface area contributed by atoms with Crippen molar-refractivity contribution in [1.29, 1.82) is 0 Å². The largest absolute Gasteiger partial charge is 0.493 e. The van der Waals surface area contributed by atoms with E-state index in [1.54, 1.807) is 49.4 Å². The van der Waals surface area contributed by atoms with Crippen LogP contribution in [0.1, 0.15) is 19.4 Å². The molecule has 0 fully saturated rings. The van der Waals surface area contributed by atoms with Crippen LogP contribution >= 0.6 is 23.2 Å². The number of amides is 1. The molecule has 0 aliphatic carbocycles. The molecular formula is C23H21Cl2NO5. The first-order valence-corrected chi connectivity index (χ1v) is 10.2. The molecule has 1 amide bonds. The summed E-state index contributed by atoms with van der Waals surface area (Å²) in [5.74, 6) is 0.0789. The molecule has 3 rings (SSSR count). The normalized spacial score (nSPS) is 15.0. The lowest BCUT2D eigenvalue weighted by molar-refractivity contribution is -0.136. The zero-order valence-electron chi connectivity index (χ0n) is 17.5. The number of esters is 1. The SMILES string of the molecule is CCOc1ccc(/C=C2\C(=O)N(c3cc(Cl)cc(Cl)c3)C(C)=C2C(=O)OC)cc1OC. The number of ether oxygens (including phenoxy) is 3. The van der Waals surface area contributed by atoms with Crippen molar-refractivity contribution >= 4 is 46.8 Å². The number of carbonyl (C=O) groups excluding carboxylic acids is 2. The molecule has 1 heterocycles. The molecule has 162 valence electrons. The first-order chi connectivity index (χ1) is 14.8. The number of hydrogen-bond donors (Lipinski definition) is 0. The number of rotatable bonds is 6. The Bertz CT molecular complexity index is 1090. The predicted octanol–water partition coefficient (Wildman–Crippen LogP) is 5.28. The maximum Gasteiger partial charge on any atom is 0.340 e. The third-order valence-corrected chi connectivity index (χ3v) is 5.13. The van der Waals surface area contributed by atoms with Crippen molar-refractivity contribution < 1.29 is 23.8 Å². The van der Waals surface area contributed by atoms with Crippen LogP contribution in [0.4, 0.5) is 5.69 Å². The minimum Gasteiger partial charge on any atom is -0.493 e. The molecule has 0 saturated heterocycles. The summed E-state index contributed by atoms with van der Waals surface area (Å²) >= 11 is 12.2. The summed E-state index contributed by atoms with van der Waals surface area (Å²) in [4.78, 5) is 27.3. The lowest BCUT2D eigenvalue weighted by Crippen LogP contribution is -2.24. The second-order valence-electron chi connectivity index (χ2n) is 6.62. The fourth-order valence-electron chi connectivity index (χ4n) is 3.37. The van der Waals surface area contributed by atoms with Gasteiger partial charge in [0.15, 0.2) is 11.5 Å². The molecule has 0 spiro atoms. The van der Waals surface area contributed by atoms with Gasteiger partial charge in [0, 0.05) is 15.7 Å². The number of allylic oxidation sites excluding steroid dienone is 1. The third-order valence-electron chi connectivity index (χ3n) is 4.69. The highest BCUT2D eigenvalue weighted by atomic mass is 35.5. The zero-order valence-corrected chi connectivity index (χ0v) is 19.0. The molecule has 0 atom stereocenters. The van der Waals surface area contributed by atoms with Crippen LogP contribution in [-0.2, 0) is 14.3 Å². The third kappa shape index (κ3) is 4.55. The van der Waals surface area contributed by atoms with E-state index in [2.05, 4.69) is 0 Å².